The Morgan fingerprint density at radius 3 is 2.77 bits per heavy atom. The maximum atomic E-state index is 9.96. The third-order valence-electron chi connectivity index (χ3n) is 2.27. The molecule has 0 amide bonds. The zero-order chi connectivity index (χ0) is 9.47. The third-order valence-corrected chi connectivity index (χ3v) is 2.88. The number of ether oxygens (including phenoxy) is 1. The Labute approximate surface area is 84.9 Å². The van der Waals surface area contributed by atoms with Crippen LogP contribution in [-0.4, -0.2) is 17.2 Å². The summed E-state index contributed by atoms with van der Waals surface area (Å²) < 4.78 is 5.95. The van der Waals surface area contributed by atoms with E-state index in [1.54, 1.807) is 19.5 Å². The standard InChI is InChI=1S/C9H10BrNO2/c1-13-7-5-11-4-6(10)8(7)9(12)2-3-9/h4-5,12H,2-3H2,1H3. The number of rotatable bonds is 2. The lowest BCUT2D eigenvalue weighted by atomic mass is 10.1. The minimum absolute atomic E-state index is 0.648. The van der Waals surface area contributed by atoms with Gasteiger partial charge >= 0.3 is 0 Å². The highest BCUT2D eigenvalue weighted by atomic mass is 79.9. The second-order valence-corrected chi connectivity index (χ2v) is 4.08. The molecule has 0 bridgehead atoms. The molecule has 13 heavy (non-hydrogen) atoms. The highest BCUT2D eigenvalue weighted by Crippen LogP contribution is 2.50. The SMILES string of the molecule is COc1cncc(Br)c1C1(O)CC1. The van der Waals surface area contributed by atoms with Crippen molar-refractivity contribution in [3.8, 4) is 5.75 Å². The Bertz CT molecular complexity index is 336. The van der Waals surface area contributed by atoms with Crippen molar-refractivity contribution in [3.63, 3.8) is 0 Å². The average Bonchev–Trinajstić information content (AvgIpc) is 2.84. The van der Waals surface area contributed by atoms with Gasteiger partial charge in [0.05, 0.1) is 18.9 Å². The van der Waals surface area contributed by atoms with E-state index < -0.39 is 5.60 Å². The maximum Gasteiger partial charge on any atom is 0.144 e. The van der Waals surface area contributed by atoms with Crippen LogP contribution in [0.2, 0.25) is 0 Å². The fourth-order valence-corrected chi connectivity index (χ4v) is 2.07. The largest absolute Gasteiger partial charge is 0.495 e. The topological polar surface area (TPSA) is 42.4 Å². The quantitative estimate of drug-likeness (QED) is 0.862. The van der Waals surface area contributed by atoms with Crippen molar-refractivity contribution in [1.29, 1.82) is 0 Å². The van der Waals surface area contributed by atoms with Crippen LogP contribution in [0, 0.1) is 0 Å². The van der Waals surface area contributed by atoms with E-state index in [1.165, 1.54) is 0 Å². The summed E-state index contributed by atoms with van der Waals surface area (Å²) in [7, 11) is 1.58. The van der Waals surface area contributed by atoms with Crippen LogP contribution in [-0.2, 0) is 5.60 Å². The van der Waals surface area contributed by atoms with Crippen LogP contribution in [0.4, 0.5) is 0 Å². The van der Waals surface area contributed by atoms with Crippen molar-refractivity contribution < 1.29 is 9.84 Å². The normalized spacial score (nSPS) is 18.4. The summed E-state index contributed by atoms with van der Waals surface area (Å²) in [4.78, 5) is 3.97. The first-order valence-electron chi connectivity index (χ1n) is 4.08. The molecule has 1 heterocycles. The maximum absolute atomic E-state index is 9.96. The molecule has 2 rings (SSSR count). The second kappa shape index (κ2) is 2.96. The zero-order valence-electron chi connectivity index (χ0n) is 7.25. The molecule has 1 aliphatic rings. The van der Waals surface area contributed by atoms with Gasteiger partial charge in [-0.3, -0.25) is 4.98 Å². The van der Waals surface area contributed by atoms with Crippen LogP contribution in [0.15, 0.2) is 16.9 Å². The number of pyridine rings is 1. The Hall–Kier alpha value is -0.610. The van der Waals surface area contributed by atoms with Crippen molar-refractivity contribution in [2.24, 2.45) is 0 Å². The predicted molar refractivity (Wildman–Crippen MR) is 51.6 cm³/mol. The molecule has 0 saturated heterocycles. The van der Waals surface area contributed by atoms with Crippen LogP contribution in [0.3, 0.4) is 0 Å². The third kappa shape index (κ3) is 1.44. The highest BCUT2D eigenvalue weighted by molar-refractivity contribution is 9.10. The lowest BCUT2D eigenvalue weighted by Gasteiger charge is -2.14. The summed E-state index contributed by atoms with van der Waals surface area (Å²) in [6, 6.07) is 0. The molecule has 0 aromatic carbocycles. The molecular formula is C9H10BrNO2. The monoisotopic (exact) mass is 243 g/mol. The lowest BCUT2D eigenvalue weighted by molar-refractivity contribution is 0.146. The van der Waals surface area contributed by atoms with E-state index in [-0.39, 0.29) is 0 Å². The van der Waals surface area contributed by atoms with Crippen molar-refractivity contribution >= 4 is 15.9 Å². The summed E-state index contributed by atoms with van der Waals surface area (Å²) in [5.41, 5.74) is 0.137. The number of methoxy groups -OCH3 is 1. The van der Waals surface area contributed by atoms with Crippen LogP contribution in [0.5, 0.6) is 5.75 Å². The molecule has 0 atom stereocenters. The molecule has 70 valence electrons. The number of hydrogen-bond donors (Lipinski definition) is 1. The van der Waals surface area contributed by atoms with Crippen LogP contribution in [0.1, 0.15) is 18.4 Å². The van der Waals surface area contributed by atoms with E-state index in [1.807, 2.05) is 0 Å². The first kappa shape index (κ1) is 8.97. The molecule has 1 saturated carbocycles. The average molecular weight is 244 g/mol. The Morgan fingerprint density at radius 1 is 1.54 bits per heavy atom. The van der Waals surface area contributed by atoms with Gasteiger partial charge in [-0.25, -0.2) is 0 Å². The van der Waals surface area contributed by atoms with Gasteiger partial charge in [-0.05, 0) is 28.8 Å². The fraction of sp³-hybridized carbons (Fsp3) is 0.444. The minimum atomic E-state index is -0.687. The molecule has 1 aliphatic carbocycles. The van der Waals surface area contributed by atoms with Gasteiger partial charge in [0.1, 0.15) is 5.75 Å². The van der Waals surface area contributed by atoms with Gasteiger partial charge < -0.3 is 9.84 Å². The van der Waals surface area contributed by atoms with E-state index in [9.17, 15) is 5.11 Å². The molecular weight excluding hydrogens is 234 g/mol. The predicted octanol–water partition coefficient (Wildman–Crippen LogP) is 1.83. The zero-order valence-corrected chi connectivity index (χ0v) is 8.84. The number of aromatic nitrogens is 1. The van der Waals surface area contributed by atoms with Crippen molar-refractivity contribution in [1.82, 2.24) is 4.98 Å². The molecule has 0 aliphatic heterocycles. The minimum Gasteiger partial charge on any atom is -0.495 e. The molecule has 0 unspecified atom stereocenters. The Morgan fingerprint density at radius 2 is 2.23 bits per heavy atom. The number of halogens is 1. The summed E-state index contributed by atoms with van der Waals surface area (Å²) in [5.74, 6) is 0.648. The smallest absolute Gasteiger partial charge is 0.144 e. The molecule has 1 fully saturated rings. The van der Waals surface area contributed by atoms with Gasteiger partial charge in [-0.1, -0.05) is 0 Å². The second-order valence-electron chi connectivity index (χ2n) is 3.23. The number of aliphatic hydroxyl groups is 1. The fourth-order valence-electron chi connectivity index (χ4n) is 1.39. The Kier molecular flexibility index (Phi) is 2.04. The summed E-state index contributed by atoms with van der Waals surface area (Å²) in [6.07, 6.45) is 4.89. The first-order chi connectivity index (χ1) is 6.17. The van der Waals surface area contributed by atoms with Crippen molar-refractivity contribution in [3.05, 3.63) is 22.4 Å². The van der Waals surface area contributed by atoms with Crippen LogP contribution in [0.25, 0.3) is 0 Å². The van der Waals surface area contributed by atoms with Crippen LogP contribution >= 0.6 is 15.9 Å². The number of nitrogens with zero attached hydrogens (tertiary/aromatic N) is 1. The summed E-state index contributed by atoms with van der Waals surface area (Å²) in [6.45, 7) is 0. The molecule has 1 N–H and O–H groups in total. The summed E-state index contributed by atoms with van der Waals surface area (Å²) in [5, 5.41) is 9.96. The van der Waals surface area contributed by atoms with E-state index in [4.69, 9.17) is 4.74 Å². The Balaban J connectivity index is 2.52. The first-order valence-corrected chi connectivity index (χ1v) is 4.87. The van der Waals surface area contributed by atoms with Crippen LogP contribution < -0.4 is 4.74 Å². The van der Waals surface area contributed by atoms with E-state index >= 15 is 0 Å². The highest BCUT2D eigenvalue weighted by Gasteiger charge is 2.45. The van der Waals surface area contributed by atoms with Gasteiger partial charge in [0.15, 0.2) is 0 Å². The van der Waals surface area contributed by atoms with Gasteiger partial charge in [0.2, 0.25) is 0 Å². The van der Waals surface area contributed by atoms with Gasteiger partial charge in [0, 0.05) is 16.2 Å². The molecule has 3 nitrogen and oxygen atoms in total. The van der Waals surface area contributed by atoms with E-state index in [0.717, 1.165) is 22.9 Å². The molecule has 1 aromatic rings. The van der Waals surface area contributed by atoms with Gasteiger partial charge in [-0.15, -0.1) is 0 Å². The van der Waals surface area contributed by atoms with E-state index in [0.29, 0.717) is 5.75 Å². The lowest BCUT2D eigenvalue weighted by Crippen LogP contribution is -2.08. The number of hydrogen-bond acceptors (Lipinski definition) is 3. The molecule has 0 spiro atoms. The molecule has 4 heteroatoms. The van der Waals surface area contributed by atoms with Gasteiger partial charge in [-0.2, -0.15) is 0 Å². The van der Waals surface area contributed by atoms with Crippen molar-refractivity contribution in [2.75, 3.05) is 7.11 Å². The summed E-state index contributed by atoms with van der Waals surface area (Å²) >= 11 is 3.36. The molecule has 0 radical (unpaired) electrons. The van der Waals surface area contributed by atoms with Gasteiger partial charge in [0.25, 0.3) is 0 Å². The molecule has 1 aromatic heterocycles. The van der Waals surface area contributed by atoms with E-state index in [2.05, 4.69) is 20.9 Å². The van der Waals surface area contributed by atoms with Crippen molar-refractivity contribution in [2.45, 2.75) is 18.4 Å².